The maximum atomic E-state index is 14.9. The Hall–Kier alpha value is -4.45. The first kappa shape index (κ1) is 30.2. The Morgan fingerprint density at radius 1 is 1.13 bits per heavy atom. The van der Waals surface area contributed by atoms with Crippen molar-refractivity contribution in [1.29, 1.82) is 0 Å². The fraction of sp³-hybridized carbons (Fsp3) is 0.324. The predicted molar refractivity (Wildman–Crippen MR) is 169 cm³/mol. The van der Waals surface area contributed by atoms with E-state index in [9.17, 15) is 14.3 Å². The molecule has 7 rings (SSSR count). The highest BCUT2D eigenvalue weighted by molar-refractivity contribution is 6.30. The lowest BCUT2D eigenvalue weighted by molar-refractivity contribution is -0.0712. The first-order chi connectivity index (χ1) is 22.2. The summed E-state index contributed by atoms with van der Waals surface area (Å²) in [7, 11) is 1.62. The van der Waals surface area contributed by atoms with Gasteiger partial charge in [-0.05, 0) is 80.4 Å². The van der Waals surface area contributed by atoms with Crippen LogP contribution < -0.4 is 9.47 Å². The highest BCUT2D eigenvalue weighted by Gasteiger charge is 2.43. The molecule has 1 fully saturated rings. The Bertz CT molecular complexity index is 1930. The number of H-pyrrole nitrogens is 1. The number of aromatic nitrogens is 4. The van der Waals surface area contributed by atoms with Gasteiger partial charge in [0.2, 0.25) is 0 Å². The van der Waals surface area contributed by atoms with Crippen LogP contribution in [0.5, 0.6) is 11.5 Å². The number of para-hydroxylation sites is 1. The quantitative estimate of drug-likeness (QED) is 0.188. The third kappa shape index (κ3) is 5.70. The van der Waals surface area contributed by atoms with Gasteiger partial charge in [0.25, 0.3) is 5.79 Å². The van der Waals surface area contributed by atoms with Gasteiger partial charge in [0.05, 0.1) is 53.2 Å². The van der Waals surface area contributed by atoms with Gasteiger partial charge in [-0.3, -0.25) is 10.00 Å². The average molecular weight is 646 g/mol. The number of likely N-dealkylation sites (tertiary alicyclic amines) is 1. The lowest BCUT2D eigenvalue weighted by Crippen LogP contribution is -2.34. The summed E-state index contributed by atoms with van der Waals surface area (Å²) in [5, 5.41) is 17.3. The van der Waals surface area contributed by atoms with Gasteiger partial charge in [-0.2, -0.15) is 5.10 Å². The van der Waals surface area contributed by atoms with E-state index >= 15 is 0 Å². The molecule has 10 nitrogen and oxygen atoms in total. The molecule has 0 radical (unpaired) electrons. The molecule has 1 unspecified atom stereocenters. The minimum Gasteiger partial charge on any atom is -0.478 e. The number of benzene rings is 3. The van der Waals surface area contributed by atoms with Gasteiger partial charge < -0.3 is 23.9 Å². The van der Waals surface area contributed by atoms with Crippen molar-refractivity contribution in [3.05, 3.63) is 105 Å². The fourth-order valence-electron chi connectivity index (χ4n) is 6.52. The summed E-state index contributed by atoms with van der Waals surface area (Å²) in [5.41, 5.74) is 4.71. The van der Waals surface area contributed by atoms with Crippen molar-refractivity contribution in [2.24, 2.45) is 0 Å². The zero-order chi connectivity index (χ0) is 32.0. The van der Waals surface area contributed by atoms with Crippen molar-refractivity contribution in [3.63, 3.8) is 0 Å². The molecule has 0 bridgehead atoms. The molecule has 0 spiro atoms. The van der Waals surface area contributed by atoms with E-state index in [1.165, 1.54) is 6.07 Å². The number of nitrogens with one attached hydrogen (secondary N) is 1. The number of carboxylic acids is 1. The number of hydrogen-bond acceptors (Lipinski definition) is 7. The van der Waals surface area contributed by atoms with Crippen LogP contribution in [0.4, 0.5) is 4.39 Å². The molecule has 2 N–H and O–H groups in total. The summed E-state index contributed by atoms with van der Waals surface area (Å²) < 4.78 is 34.7. The molecule has 2 aromatic heterocycles. The van der Waals surface area contributed by atoms with Crippen LogP contribution in [0.15, 0.2) is 60.7 Å². The lowest BCUT2D eigenvalue weighted by Gasteiger charge is -2.32. The molecule has 46 heavy (non-hydrogen) atoms. The number of fused-ring (bicyclic) bond motifs is 2. The molecule has 0 amide bonds. The lowest BCUT2D eigenvalue weighted by atomic mass is 9.88. The molecule has 2 aliphatic heterocycles. The van der Waals surface area contributed by atoms with E-state index in [1.54, 1.807) is 44.4 Å². The summed E-state index contributed by atoms with van der Waals surface area (Å²) in [6.07, 6.45) is 1.77. The number of carbonyl (C=O) groups is 1. The normalized spacial score (nSPS) is 18.4. The second kappa shape index (κ2) is 12.1. The van der Waals surface area contributed by atoms with Gasteiger partial charge in [0, 0.05) is 24.6 Å². The molecule has 3 aromatic carbocycles. The zero-order valence-electron chi connectivity index (χ0n) is 25.4. The van der Waals surface area contributed by atoms with Crippen LogP contribution in [0, 0.1) is 5.82 Å². The molecule has 4 heterocycles. The van der Waals surface area contributed by atoms with Crippen LogP contribution in [-0.4, -0.2) is 55.9 Å². The summed E-state index contributed by atoms with van der Waals surface area (Å²) in [5.74, 6) is -0.439. The molecule has 12 heteroatoms. The zero-order valence-corrected chi connectivity index (χ0v) is 26.2. The van der Waals surface area contributed by atoms with Crippen molar-refractivity contribution in [1.82, 2.24) is 24.6 Å². The molecule has 0 aliphatic carbocycles. The van der Waals surface area contributed by atoms with Crippen LogP contribution in [0.3, 0.4) is 0 Å². The smallest absolute Gasteiger partial charge is 0.335 e. The Labute approximate surface area is 269 Å². The molecular weight excluding hydrogens is 613 g/mol. The van der Waals surface area contributed by atoms with Crippen molar-refractivity contribution in [2.45, 2.75) is 51.2 Å². The predicted octanol–water partition coefficient (Wildman–Crippen LogP) is 6.47. The number of nitrogens with zero attached hydrogens (tertiary/aromatic N) is 4. The SMILES string of the molecule is COCc1cc(Cn2c(CN3CCC(c4cccc5c4OC(C)(c4ccc(Cl)cc4F)O5)CC3)nc3ccc(C(=O)O)cc32)[nH]n1. The molecule has 2 aliphatic rings. The Kier molecular flexibility index (Phi) is 7.92. The Morgan fingerprint density at radius 2 is 1.96 bits per heavy atom. The number of methoxy groups -OCH3 is 1. The van der Waals surface area contributed by atoms with Crippen LogP contribution in [0.1, 0.15) is 64.4 Å². The molecule has 5 aromatic rings. The van der Waals surface area contributed by atoms with Crippen LogP contribution >= 0.6 is 11.6 Å². The van der Waals surface area contributed by atoms with Crippen molar-refractivity contribution >= 4 is 28.6 Å². The van der Waals surface area contributed by atoms with Gasteiger partial charge in [-0.25, -0.2) is 14.2 Å². The minimum atomic E-state index is -1.30. The Morgan fingerprint density at radius 3 is 2.72 bits per heavy atom. The number of ether oxygens (including phenoxy) is 3. The van der Waals surface area contributed by atoms with Gasteiger partial charge in [0.15, 0.2) is 11.5 Å². The number of imidazole rings is 1. The number of aromatic carboxylic acids is 1. The van der Waals surface area contributed by atoms with Gasteiger partial charge in [-0.1, -0.05) is 23.7 Å². The van der Waals surface area contributed by atoms with E-state index in [2.05, 4.69) is 25.7 Å². The summed E-state index contributed by atoms with van der Waals surface area (Å²) >= 11 is 5.98. The van der Waals surface area contributed by atoms with E-state index in [4.69, 9.17) is 30.8 Å². The fourth-order valence-corrected chi connectivity index (χ4v) is 6.68. The maximum Gasteiger partial charge on any atom is 0.335 e. The average Bonchev–Trinajstić information content (AvgIpc) is 3.72. The van der Waals surface area contributed by atoms with Crippen LogP contribution in [0.2, 0.25) is 5.02 Å². The maximum absolute atomic E-state index is 14.9. The van der Waals surface area contributed by atoms with Gasteiger partial charge in [-0.15, -0.1) is 0 Å². The summed E-state index contributed by atoms with van der Waals surface area (Å²) in [4.78, 5) is 19.0. The Balaban J connectivity index is 1.09. The number of carboxylic acid groups (broad SMARTS) is 1. The highest BCUT2D eigenvalue weighted by Crippen LogP contribution is 2.49. The number of rotatable bonds is 9. The van der Waals surface area contributed by atoms with E-state index in [-0.39, 0.29) is 17.0 Å². The number of halogens is 2. The van der Waals surface area contributed by atoms with Crippen LogP contribution in [-0.2, 0) is 30.2 Å². The molecule has 238 valence electrons. The van der Waals surface area contributed by atoms with E-state index < -0.39 is 17.6 Å². The standard InChI is InChI=1S/C34H33ClFN5O5/c1-34(26-8-7-22(35)15-27(26)36)45-30-5-3-4-25(32(30)46-34)20-10-12-40(13-11-20)18-31-37-28-9-6-21(33(42)43)14-29(28)41(31)17-23-16-24(19-44-2)39-38-23/h3-9,14-16,20H,10-13,17-19H2,1-2H3,(H,38,39)(H,42,43). The molecule has 1 atom stereocenters. The van der Waals surface area contributed by atoms with Crippen molar-refractivity contribution in [2.75, 3.05) is 20.2 Å². The second-order valence-electron chi connectivity index (χ2n) is 11.9. The minimum absolute atomic E-state index is 0.210. The largest absolute Gasteiger partial charge is 0.478 e. The third-order valence-electron chi connectivity index (χ3n) is 8.80. The van der Waals surface area contributed by atoms with E-state index in [1.807, 2.05) is 18.2 Å². The topological polar surface area (TPSA) is 115 Å². The molecule has 1 saturated heterocycles. The first-order valence-electron chi connectivity index (χ1n) is 15.1. The number of hydrogen-bond donors (Lipinski definition) is 2. The van der Waals surface area contributed by atoms with Gasteiger partial charge >= 0.3 is 5.97 Å². The summed E-state index contributed by atoms with van der Waals surface area (Å²) in [6.45, 7) is 4.82. The van der Waals surface area contributed by atoms with Crippen molar-refractivity contribution < 1.29 is 28.5 Å². The van der Waals surface area contributed by atoms with Gasteiger partial charge in [0.1, 0.15) is 11.6 Å². The van der Waals surface area contributed by atoms with E-state index in [0.29, 0.717) is 36.2 Å². The molecule has 0 saturated carbocycles. The molecular formula is C34H33ClFN5O5. The number of aromatic amines is 1. The van der Waals surface area contributed by atoms with E-state index in [0.717, 1.165) is 59.7 Å². The second-order valence-corrected chi connectivity index (χ2v) is 12.4. The monoisotopic (exact) mass is 645 g/mol. The highest BCUT2D eigenvalue weighted by atomic mass is 35.5. The third-order valence-corrected chi connectivity index (χ3v) is 9.04. The van der Waals surface area contributed by atoms with Crippen molar-refractivity contribution in [3.8, 4) is 11.5 Å². The number of piperidine rings is 1. The first-order valence-corrected chi connectivity index (χ1v) is 15.5. The van der Waals surface area contributed by atoms with Crippen LogP contribution in [0.25, 0.3) is 11.0 Å². The summed E-state index contributed by atoms with van der Waals surface area (Å²) in [6, 6.07) is 17.3.